The lowest BCUT2D eigenvalue weighted by molar-refractivity contribution is 0.645. The first-order chi connectivity index (χ1) is 8.74. The molecule has 0 bridgehead atoms. The lowest BCUT2D eigenvalue weighted by Crippen LogP contribution is -2.39. The van der Waals surface area contributed by atoms with Gasteiger partial charge < -0.3 is 10.6 Å². The summed E-state index contributed by atoms with van der Waals surface area (Å²) in [5, 5.41) is 10.7. The van der Waals surface area contributed by atoms with E-state index in [0.29, 0.717) is 12.6 Å². The monoisotopic (exact) mass is 250 g/mol. The summed E-state index contributed by atoms with van der Waals surface area (Å²) in [6.45, 7) is 2.87. The van der Waals surface area contributed by atoms with Gasteiger partial charge in [-0.3, -0.25) is 9.67 Å². The molecule has 1 heterocycles. The second kappa shape index (κ2) is 5.84. The Balaban J connectivity index is 1.76. The van der Waals surface area contributed by atoms with E-state index in [-0.39, 0.29) is 0 Å². The minimum atomic E-state index is 0.593. The summed E-state index contributed by atoms with van der Waals surface area (Å²) in [4.78, 5) is 8.40. The van der Waals surface area contributed by atoms with Crippen LogP contribution in [0.4, 0.5) is 0 Å². The Morgan fingerprint density at radius 3 is 3.06 bits per heavy atom. The molecular formula is C12H22N6. The van der Waals surface area contributed by atoms with E-state index in [9.17, 15) is 0 Å². The van der Waals surface area contributed by atoms with Gasteiger partial charge in [0.15, 0.2) is 5.96 Å². The fraction of sp³-hybridized carbons (Fsp3) is 0.750. The van der Waals surface area contributed by atoms with E-state index in [0.717, 1.165) is 17.7 Å². The fourth-order valence-corrected chi connectivity index (χ4v) is 2.13. The quantitative estimate of drug-likeness (QED) is 0.595. The first kappa shape index (κ1) is 12.9. The Hall–Kier alpha value is -1.59. The van der Waals surface area contributed by atoms with Crippen molar-refractivity contribution in [3.63, 3.8) is 0 Å². The van der Waals surface area contributed by atoms with Gasteiger partial charge in [-0.15, -0.1) is 0 Å². The molecule has 1 aliphatic carbocycles. The molecule has 2 unspecified atom stereocenters. The molecule has 2 N–H and O–H groups in total. The largest absolute Gasteiger partial charge is 0.353 e. The highest BCUT2D eigenvalue weighted by Crippen LogP contribution is 2.34. The molecular weight excluding hydrogens is 228 g/mol. The predicted octanol–water partition coefficient (Wildman–Crippen LogP) is 0.669. The first-order valence-corrected chi connectivity index (χ1v) is 6.54. The van der Waals surface area contributed by atoms with Crippen molar-refractivity contribution in [3.05, 3.63) is 12.2 Å². The van der Waals surface area contributed by atoms with E-state index in [1.807, 2.05) is 7.05 Å². The van der Waals surface area contributed by atoms with Crippen LogP contribution in [0.15, 0.2) is 11.3 Å². The zero-order chi connectivity index (χ0) is 13.0. The molecule has 6 heteroatoms. The number of nitrogens with zero attached hydrogens (tertiary/aromatic N) is 4. The van der Waals surface area contributed by atoms with Crippen LogP contribution >= 0.6 is 0 Å². The highest BCUT2D eigenvalue weighted by Gasteiger charge is 2.36. The molecule has 0 aromatic carbocycles. The molecule has 1 aromatic rings. The van der Waals surface area contributed by atoms with Crippen LogP contribution < -0.4 is 10.6 Å². The lowest BCUT2D eigenvalue weighted by Gasteiger charge is -2.11. The summed E-state index contributed by atoms with van der Waals surface area (Å²) in [6, 6.07) is 0.593. The third kappa shape index (κ3) is 3.21. The lowest BCUT2D eigenvalue weighted by atomic mass is 10.2. The van der Waals surface area contributed by atoms with Gasteiger partial charge in [0.25, 0.3) is 0 Å². The minimum absolute atomic E-state index is 0.593. The molecule has 1 aromatic heterocycles. The number of nitrogens with one attached hydrogen (secondary N) is 2. The Labute approximate surface area is 108 Å². The van der Waals surface area contributed by atoms with Gasteiger partial charge in [-0.1, -0.05) is 13.3 Å². The van der Waals surface area contributed by atoms with Crippen molar-refractivity contribution in [2.24, 2.45) is 18.0 Å². The van der Waals surface area contributed by atoms with Crippen LogP contribution in [0.25, 0.3) is 0 Å². The van der Waals surface area contributed by atoms with Crippen LogP contribution in [-0.2, 0) is 13.6 Å². The zero-order valence-corrected chi connectivity index (χ0v) is 11.3. The van der Waals surface area contributed by atoms with Crippen molar-refractivity contribution in [2.75, 3.05) is 7.05 Å². The molecule has 100 valence electrons. The smallest absolute Gasteiger partial charge is 0.191 e. The number of hydrogen-bond acceptors (Lipinski definition) is 3. The van der Waals surface area contributed by atoms with Crippen LogP contribution in [0.2, 0.25) is 0 Å². The van der Waals surface area contributed by atoms with E-state index >= 15 is 0 Å². The zero-order valence-electron chi connectivity index (χ0n) is 11.3. The molecule has 0 saturated heterocycles. The number of aliphatic imine (C=N–C) groups is 1. The van der Waals surface area contributed by atoms with E-state index < -0.39 is 0 Å². The van der Waals surface area contributed by atoms with Gasteiger partial charge in [0.2, 0.25) is 0 Å². The number of guanidine groups is 1. The Morgan fingerprint density at radius 1 is 1.61 bits per heavy atom. The van der Waals surface area contributed by atoms with Crippen molar-refractivity contribution in [3.8, 4) is 0 Å². The van der Waals surface area contributed by atoms with E-state index in [1.165, 1.54) is 19.3 Å². The molecule has 1 aliphatic rings. The van der Waals surface area contributed by atoms with Crippen molar-refractivity contribution < 1.29 is 0 Å². The maximum atomic E-state index is 4.23. The van der Waals surface area contributed by atoms with E-state index in [4.69, 9.17) is 0 Å². The maximum Gasteiger partial charge on any atom is 0.191 e. The van der Waals surface area contributed by atoms with Gasteiger partial charge in [0.1, 0.15) is 12.2 Å². The van der Waals surface area contributed by atoms with E-state index in [2.05, 4.69) is 32.6 Å². The van der Waals surface area contributed by atoms with Gasteiger partial charge in [-0.05, 0) is 18.8 Å². The van der Waals surface area contributed by atoms with Crippen molar-refractivity contribution in [1.82, 2.24) is 25.4 Å². The SMILES string of the molecule is CCCC1CC1NC(=NC)NCc1ncnn1C. The summed E-state index contributed by atoms with van der Waals surface area (Å²) in [7, 11) is 3.68. The van der Waals surface area contributed by atoms with Crippen molar-refractivity contribution in [1.29, 1.82) is 0 Å². The molecule has 18 heavy (non-hydrogen) atoms. The summed E-state index contributed by atoms with van der Waals surface area (Å²) < 4.78 is 1.76. The second-order valence-electron chi connectivity index (χ2n) is 4.76. The van der Waals surface area contributed by atoms with Gasteiger partial charge in [-0.2, -0.15) is 5.10 Å². The molecule has 6 nitrogen and oxygen atoms in total. The molecule has 1 saturated carbocycles. The molecule has 0 radical (unpaired) electrons. The second-order valence-corrected chi connectivity index (χ2v) is 4.76. The Bertz CT molecular complexity index is 410. The number of rotatable bonds is 5. The average molecular weight is 250 g/mol. The van der Waals surface area contributed by atoms with Crippen LogP contribution in [0, 0.1) is 5.92 Å². The highest BCUT2D eigenvalue weighted by atomic mass is 15.3. The van der Waals surface area contributed by atoms with E-state index in [1.54, 1.807) is 18.1 Å². The van der Waals surface area contributed by atoms with Crippen LogP contribution in [0.1, 0.15) is 32.0 Å². The van der Waals surface area contributed by atoms with Crippen molar-refractivity contribution >= 4 is 5.96 Å². The van der Waals surface area contributed by atoms with Crippen LogP contribution in [0.3, 0.4) is 0 Å². The van der Waals surface area contributed by atoms with Crippen LogP contribution in [-0.4, -0.2) is 33.8 Å². The normalized spacial score (nSPS) is 22.9. The summed E-state index contributed by atoms with van der Waals surface area (Å²) >= 11 is 0. The number of aryl methyl sites for hydroxylation is 1. The molecule has 0 aliphatic heterocycles. The maximum absolute atomic E-state index is 4.23. The van der Waals surface area contributed by atoms with Gasteiger partial charge in [-0.25, -0.2) is 4.98 Å². The predicted molar refractivity (Wildman–Crippen MR) is 71.1 cm³/mol. The molecule has 0 amide bonds. The highest BCUT2D eigenvalue weighted by molar-refractivity contribution is 5.80. The third-order valence-electron chi connectivity index (χ3n) is 3.35. The summed E-state index contributed by atoms with van der Waals surface area (Å²) in [6.07, 6.45) is 5.38. The molecule has 2 atom stereocenters. The summed E-state index contributed by atoms with van der Waals surface area (Å²) in [5.74, 6) is 2.57. The van der Waals surface area contributed by atoms with Gasteiger partial charge in [0, 0.05) is 20.1 Å². The number of hydrogen-bond donors (Lipinski definition) is 2. The summed E-state index contributed by atoms with van der Waals surface area (Å²) in [5.41, 5.74) is 0. The molecule has 2 rings (SSSR count). The standard InChI is InChI=1S/C12H22N6/c1-4-5-9-6-10(9)17-12(13-2)14-7-11-15-8-16-18(11)3/h8-10H,4-7H2,1-3H3,(H2,13,14,17). The Morgan fingerprint density at radius 2 is 2.44 bits per heavy atom. The molecule has 1 fully saturated rings. The topological polar surface area (TPSA) is 67.1 Å². The fourth-order valence-electron chi connectivity index (χ4n) is 2.13. The van der Waals surface area contributed by atoms with Gasteiger partial charge >= 0.3 is 0 Å². The first-order valence-electron chi connectivity index (χ1n) is 6.54. The van der Waals surface area contributed by atoms with Crippen LogP contribution in [0.5, 0.6) is 0 Å². The third-order valence-corrected chi connectivity index (χ3v) is 3.35. The molecule has 0 spiro atoms. The van der Waals surface area contributed by atoms with Gasteiger partial charge in [0.05, 0.1) is 6.54 Å². The van der Waals surface area contributed by atoms with Crippen molar-refractivity contribution in [2.45, 2.75) is 38.8 Å². The minimum Gasteiger partial charge on any atom is -0.353 e. The number of aromatic nitrogens is 3. The average Bonchev–Trinajstić information content (AvgIpc) is 2.96. The Kier molecular flexibility index (Phi) is 4.17.